The molecule has 8 aromatic carbocycles. The first-order valence-corrected chi connectivity index (χ1v) is 20.7. The predicted octanol–water partition coefficient (Wildman–Crippen LogP) is 13.9. The summed E-state index contributed by atoms with van der Waals surface area (Å²) in [5.74, 6) is 2.54. The maximum absolute atomic E-state index is 6.62. The van der Waals surface area contributed by atoms with E-state index in [-0.39, 0.29) is 0 Å². The summed E-state index contributed by atoms with van der Waals surface area (Å²) in [5, 5.41) is 4.81. The largest absolute Gasteiger partial charge is 0.488 e. The van der Waals surface area contributed by atoms with E-state index < -0.39 is 5.60 Å². The van der Waals surface area contributed by atoms with Gasteiger partial charge in [0, 0.05) is 49.6 Å². The standard InChI is InChI=1S/C55H41N5O/c1-55(2,3)61-43-32-39(31-40(33-43)54-57-52(36-17-7-4-8-18-36)56-53(58-54)37-19-9-5-10-20-37)38-27-29-46-44-23-13-15-25-48(44)60(51(46)34-38)42-28-30-50-47(35-42)45-24-14-16-26-49(45)59(50)41-21-11-6-12-22-41/h4-35H,1-3H3. The first-order chi connectivity index (χ1) is 29.8. The molecule has 6 heteroatoms. The van der Waals surface area contributed by atoms with Crippen molar-refractivity contribution in [3.05, 3.63) is 194 Å². The molecule has 0 spiro atoms. The van der Waals surface area contributed by atoms with E-state index in [1.165, 1.54) is 32.6 Å². The summed E-state index contributed by atoms with van der Waals surface area (Å²) in [6, 6.07) is 68.2. The van der Waals surface area contributed by atoms with Crippen molar-refractivity contribution < 1.29 is 4.74 Å². The van der Waals surface area contributed by atoms with Crippen LogP contribution in [0, 0.1) is 0 Å². The molecule has 0 bridgehead atoms. The Balaban J connectivity index is 1.11. The lowest BCUT2D eigenvalue weighted by Gasteiger charge is -2.22. The highest BCUT2D eigenvalue weighted by atomic mass is 16.5. The normalized spacial score (nSPS) is 11.9. The highest BCUT2D eigenvalue weighted by Crippen LogP contribution is 2.40. The van der Waals surface area contributed by atoms with Gasteiger partial charge in [-0.1, -0.05) is 127 Å². The van der Waals surface area contributed by atoms with E-state index in [0.29, 0.717) is 17.5 Å². The lowest BCUT2D eigenvalue weighted by Crippen LogP contribution is -2.23. The molecule has 0 fully saturated rings. The number of nitrogens with zero attached hydrogens (tertiary/aromatic N) is 5. The Morgan fingerprint density at radius 2 is 0.836 bits per heavy atom. The number of benzene rings is 8. The maximum Gasteiger partial charge on any atom is 0.164 e. The second-order valence-corrected chi connectivity index (χ2v) is 16.5. The van der Waals surface area contributed by atoms with Crippen molar-refractivity contribution in [2.24, 2.45) is 0 Å². The van der Waals surface area contributed by atoms with E-state index in [4.69, 9.17) is 19.7 Å². The van der Waals surface area contributed by atoms with E-state index in [1.54, 1.807) is 0 Å². The second kappa shape index (κ2) is 14.5. The zero-order valence-corrected chi connectivity index (χ0v) is 34.1. The van der Waals surface area contributed by atoms with Gasteiger partial charge in [0.2, 0.25) is 0 Å². The molecular weight excluding hydrogens is 747 g/mol. The van der Waals surface area contributed by atoms with Crippen LogP contribution in [-0.2, 0) is 0 Å². The number of fused-ring (bicyclic) bond motifs is 6. The third kappa shape index (κ3) is 6.59. The van der Waals surface area contributed by atoms with Gasteiger partial charge in [0.1, 0.15) is 11.4 Å². The van der Waals surface area contributed by atoms with Crippen molar-refractivity contribution in [3.8, 4) is 62.4 Å². The Bertz CT molecular complexity index is 3360. The van der Waals surface area contributed by atoms with Crippen molar-refractivity contribution >= 4 is 43.6 Å². The molecule has 0 aliphatic heterocycles. The van der Waals surface area contributed by atoms with Crippen LogP contribution in [-0.4, -0.2) is 29.7 Å². The summed E-state index contributed by atoms with van der Waals surface area (Å²) in [4.78, 5) is 15.1. The first-order valence-electron chi connectivity index (χ1n) is 20.7. The number of para-hydroxylation sites is 3. The van der Waals surface area contributed by atoms with Crippen LogP contribution in [0.3, 0.4) is 0 Å². The molecule has 11 rings (SSSR count). The molecule has 0 saturated heterocycles. The topological polar surface area (TPSA) is 57.8 Å². The van der Waals surface area contributed by atoms with Gasteiger partial charge in [-0.15, -0.1) is 0 Å². The van der Waals surface area contributed by atoms with E-state index in [2.05, 4.69) is 157 Å². The van der Waals surface area contributed by atoms with Crippen molar-refractivity contribution in [1.82, 2.24) is 24.1 Å². The van der Waals surface area contributed by atoms with Gasteiger partial charge in [-0.2, -0.15) is 0 Å². The Labute approximate surface area is 354 Å². The molecule has 0 aliphatic carbocycles. The second-order valence-electron chi connectivity index (χ2n) is 16.5. The number of rotatable bonds is 7. The summed E-state index contributed by atoms with van der Waals surface area (Å²) in [6.45, 7) is 6.21. The molecule has 0 aliphatic rings. The summed E-state index contributed by atoms with van der Waals surface area (Å²) < 4.78 is 11.4. The highest BCUT2D eigenvalue weighted by Gasteiger charge is 2.20. The SMILES string of the molecule is CC(C)(C)Oc1cc(-c2ccc3c4ccccc4n(-c4ccc5c(c4)c4ccccc4n5-c4ccccc4)c3c2)cc(-c2nc(-c3ccccc3)nc(-c3ccccc3)n2)c1. The maximum atomic E-state index is 6.62. The molecule has 0 N–H and O–H groups in total. The molecule has 6 nitrogen and oxygen atoms in total. The fraction of sp³-hybridized carbons (Fsp3) is 0.0727. The third-order valence-electron chi connectivity index (χ3n) is 11.2. The van der Waals surface area contributed by atoms with Crippen LogP contribution < -0.4 is 4.74 Å². The van der Waals surface area contributed by atoms with Gasteiger partial charge in [0.15, 0.2) is 17.5 Å². The van der Waals surface area contributed by atoms with Crippen LogP contribution in [0.25, 0.3) is 100 Å². The summed E-state index contributed by atoms with van der Waals surface area (Å²) in [5.41, 5.74) is 11.2. The summed E-state index contributed by atoms with van der Waals surface area (Å²) in [6.07, 6.45) is 0. The zero-order chi connectivity index (χ0) is 41.1. The van der Waals surface area contributed by atoms with Gasteiger partial charge in [0.05, 0.1) is 22.1 Å². The van der Waals surface area contributed by atoms with Crippen LogP contribution in [0.4, 0.5) is 0 Å². The minimum atomic E-state index is -0.432. The fourth-order valence-electron chi connectivity index (χ4n) is 8.63. The zero-order valence-electron chi connectivity index (χ0n) is 34.1. The first kappa shape index (κ1) is 36.3. The van der Waals surface area contributed by atoms with Crippen molar-refractivity contribution in [3.63, 3.8) is 0 Å². The minimum absolute atomic E-state index is 0.432. The van der Waals surface area contributed by atoms with E-state index in [1.807, 2.05) is 66.7 Å². The van der Waals surface area contributed by atoms with E-state index >= 15 is 0 Å². The van der Waals surface area contributed by atoms with Gasteiger partial charge < -0.3 is 13.9 Å². The van der Waals surface area contributed by atoms with Crippen molar-refractivity contribution in [1.29, 1.82) is 0 Å². The molecule has 3 heterocycles. The van der Waals surface area contributed by atoms with Gasteiger partial charge in [-0.25, -0.2) is 15.0 Å². The Kier molecular flexibility index (Phi) is 8.60. The van der Waals surface area contributed by atoms with E-state index in [0.717, 1.165) is 56.0 Å². The molecule has 0 amide bonds. The molecule has 3 aromatic heterocycles. The predicted molar refractivity (Wildman–Crippen MR) is 251 cm³/mol. The van der Waals surface area contributed by atoms with Crippen molar-refractivity contribution in [2.45, 2.75) is 26.4 Å². The molecule has 0 saturated carbocycles. The van der Waals surface area contributed by atoms with Crippen LogP contribution in [0.1, 0.15) is 20.8 Å². The average molecular weight is 788 g/mol. The van der Waals surface area contributed by atoms with Gasteiger partial charge >= 0.3 is 0 Å². The average Bonchev–Trinajstić information content (AvgIpc) is 3.81. The summed E-state index contributed by atoms with van der Waals surface area (Å²) >= 11 is 0. The number of hydrogen-bond acceptors (Lipinski definition) is 4. The highest BCUT2D eigenvalue weighted by molar-refractivity contribution is 6.12. The summed E-state index contributed by atoms with van der Waals surface area (Å²) in [7, 11) is 0. The monoisotopic (exact) mass is 787 g/mol. The van der Waals surface area contributed by atoms with Crippen molar-refractivity contribution in [2.75, 3.05) is 0 Å². The van der Waals surface area contributed by atoms with Crippen LogP contribution in [0.5, 0.6) is 5.75 Å². The third-order valence-corrected chi connectivity index (χ3v) is 11.2. The molecule has 0 unspecified atom stereocenters. The number of hydrogen-bond donors (Lipinski definition) is 0. The Hall–Kier alpha value is -7.83. The van der Waals surface area contributed by atoms with E-state index in [9.17, 15) is 0 Å². The smallest absolute Gasteiger partial charge is 0.164 e. The molecule has 0 radical (unpaired) electrons. The van der Waals surface area contributed by atoms with Crippen LogP contribution >= 0.6 is 0 Å². The fourth-order valence-corrected chi connectivity index (χ4v) is 8.63. The van der Waals surface area contributed by atoms with Gasteiger partial charge in [-0.3, -0.25) is 0 Å². The molecule has 0 atom stereocenters. The quantitative estimate of drug-likeness (QED) is 0.161. The van der Waals surface area contributed by atoms with Crippen LogP contribution in [0.15, 0.2) is 194 Å². The lowest BCUT2D eigenvalue weighted by molar-refractivity contribution is 0.131. The van der Waals surface area contributed by atoms with Gasteiger partial charge in [0.25, 0.3) is 0 Å². The Morgan fingerprint density at radius 1 is 0.344 bits per heavy atom. The Morgan fingerprint density at radius 3 is 1.46 bits per heavy atom. The minimum Gasteiger partial charge on any atom is -0.488 e. The van der Waals surface area contributed by atoms with Gasteiger partial charge in [-0.05, 0) is 98.6 Å². The molecule has 61 heavy (non-hydrogen) atoms. The molecular formula is C55H41N5O. The molecule has 292 valence electrons. The number of ether oxygens (including phenoxy) is 1. The number of aromatic nitrogens is 5. The van der Waals surface area contributed by atoms with Crippen LogP contribution in [0.2, 0.25) is 0 Å². The lowest BCUT2D eigenvalue weighted by atomic mass is 10.00. The molecule has 11 aromatic rings.